The minimum absolute atomic E-state index is 0.00194. The monoisotopic (exact) mass is 478 g/mol. The van der Waals surface area contributed by atoms with Gasteiger partial charge in [-0.3, -0.25) is 15.5 Å². The topological polar surface area (TPSA) is 181 Å². The number of nitrogens with two attached hydrogens (primary N) is 2. The molecule has 0 unspecified atom stereocenters. The summed E-state index contributed by atoms with van der Waals surface area (Å²) in [5.41, 5.74) is 8.58. The van der Waals surface area contributed by atoms with Gasteiger partial charge in [0.15, 0.2) is 0 Å². The zero-order valence-corrected chi connectivity index (χ0v) is 18.9. The lowest BCUT2D eigenvalue weighted by Gasteiger charge is -2.17. The van der Waals surface area contributed by atoms with Gasteiger partial charge in [-0.2, -0.15) is 5.10 Å². The summed E-state index contributed by atoms with van der Waals surface area (Å²) in [6.07, 6.45) is 1.57. The first-order chi connectivity index (χ1) is 16.1. The van der Waals surface area contributed by atoms with Crippen LogP contribution < -0.4 is 21.5 Å². The number of sulfonamides is 1. The number of hydrogen-bond donors (Lipinski definition) is 5. The van der Waals surface area contributed by atoms with E-state index in [1.54, 1.807) is 61.7 Å². The van der Waals surface area contributed by atoms with Gasteiger partial charge in [-0.1, -0.05) is 30.3 Å². The molecule has 0 radical (unpaired) electrons. The third-order valence-corrected chi connectivity index (χ3v) is 6.00. The number of amides is 1. The molecule has 1 aliphatic heterocycles. The summed E-state index contributed by atoms with van der Waals surface area (Å²) in [5.74, 6) is -0.351. The van der Waals surface area contributed by atoms with Crippen molar-refractivity contribution in [2.45, 2.75) is 11.8 Å². The lowest BCUT2D eigenvalue weighted by atomic mass is 10.1. The number of carbonyl (C=O) groups is 1. The van der Waals surface area contributed by atoms with E-state index in [1.807, 2.05) is 0 Å². The van der Waals surface area contributed by atoms with E-state index in [2.05, 4.69) is 20.7 Å². The molecule has 3 aromatic rings. The summed E-state index contributed by atoms with van der Waals surface area (Å²) in [6, 6.07) is 14.8. The van der Waals surface area contributed by atoms with Crippen molar-refractivity contribution >= 4 is 33.3 Å². The predicted molar refractivity (Wildman–Crippen MR) is 128 cm³/mol. The minimum atomic E-state index is -3.91. The number of nitrogens with one attached hydrogen (secondary N) is 3. The lowest BCUT2D eigenvalue weighted by Crippen LogP contribution is -2.41. The van der Waals surface area contributed by atoms with Gasteiger partial charge >= 0.3 is 0 Å². The van der Waals surface area contributed by atoms with Crippen molar-refractivity contribution in [2.24, 2.45) is 15.9 Å². The van der Waals surface area contributed by atoms with Crippen molar-refractivity contribution in [3.05, 3.63) is 83.3 Å². The molecule has 34 heavy (non-hydrogen) atoms. The third kappa shape index (κ3) is 4.72. The van der Waals surface area contributed by atoms with Crippen molar-refractivity contribution in [1.82, 2.24) is 20.4 Å². The molecule has 0 saturated heterocycles. The number of primary sulfonamides is 1. The molecule has 1 aliphatic rings. The van der Waals surface area contributed by atoms with E-state index < -0.39 is 15.9 Å². The normalized spacial score (nSPS) is 13.5. The molecule has 1 amide bonds. The van der Waals surface area contributed by atoms with Crippen LogP contribution >= 0.6 is 0 Å². The summed E-state index contributed by atoms with van der Waals surface area (Å²) in [4.78, 5) is 17.3. The number of rotatable bonds is 5. The fourth-order valence-corrected chi connectivity index (χ4v) is 4.24. The minimum Gasteiger partial charge on any atom is -0.384 e. The van der Waals surface area contributed by atoms with Gasteiger partial charge in [0.2, 0.25) is 16.0 Å². The molecule has 0 atom stereocenters. The molecule has 2 aromatic carbocycles. The Balaban J connectivity index is 1.54. The quantitative estimate of drug-likeness (QED) is 0.267. The van der Waals surface area contributed by atoms with Gasteiger partial charge < -0.3 is 11.1 Å². The largest absolute Gasteiger partial charge is 0.384 e. The second-order valence-electron chi connectivity index (χ2n) is 7.52. The number of amidine groups is 1. The Morgan fingerprint density at radius 2 is 1.94 bits per heavy atom. The smallest absolute Gasteiger partial charge is 0.276 e. The van der Waals surface area contributed by atoms with E-state index in [-0.39, 0.29) is 28.9 Å². The first-order valence-corrected chi connectivity index (χ1v) is 11.6. The van der Waals surface area contributed by atoms with Crippen LogP contribution in [0, 0.1) is 12.3 Å². The fourth-order valence-electron chi connectivity index (χ4n) is 3.46. The van der Waals surface area contributed by atoms with Crippen molar-refractivity contribution in [1.29, 1.82) is 5.41 Å². The molecule has 11 nitrogen and oxygen atoms in total. The van der Waals surface area contributed by atoms with Crippen LogP contribution in [0.1, 0.15) is 27.3 Å². The van der Waals surface area contributed by atoms with Gasteiger partial charge in [0.25, 0.3) is 5.91 Å². The summed E-state index contributed by atoms with van der Waals surface area (Å²) in [5, 5.41) is 22.9. The maximum Gasteiger partial charge on any atom is 0.276 e. The number of hydrogen-bond acceptors (Lipinski definition) is 7. The van der Waals surface area contributed by atoms with Crippen LogP contribution in [0.2, 0.25) is 0 Å². The number of carbonyl (C=O) groups excluding carboxylic acids is 1. The maximum atomic E-state index is 13.0. The zero-order valence-electron chi connectivity index (χ0n) is 18.1. The molecular formula is C22H22N8O3S. The maximum absolute atomic E-state index is 13.0. The summed E-state index contributed by atoms with van der Waals surface area (Å²) in [6.45, 7) is 1.89. The van der Waals surface area contributed by atoms with E-state index in [4.69, 9.17) is 16.3 Å². The number of aryl methyl sites for hydroxylation is 1. The predicted octanol–water partition coefficient (Wildman–Crippen LogP) is 0.842. The van der Waals surface area contributed by atoms with Gasteiger partial charge in [0.05, 0.1) is 22.8 Å². The highest BCUT2D eigenvalue weighted by Gasteiger charge is 2.21. The molecule has 0 spiro atoms. The molecule has 12 heteroatoms. The van der Waals surface area contributed by atoms with Crippen LogP contribution in [0.15, 0.2) is 70.7 Å². The molecule has 0 bridgehead atoms. The summed E-state index contributed by atoms with van der Waals surface area (Å²) >= 11 is 0. The van der Waals surface area contributed by atoms with Crippen LogP contribution in [0.4, 0.5) is 0 Å². The second kappa shape index (κ2) is 8.92. The molecule has 174 valence electrons. The Bertz CT molecular complexity index is 1470. The molecular weight excluding hydrogens is 456 g/mol. The average molecular weight is 479 g/mol. The van der Waals surface area contributed by atoms with E-state index in [1.165, 1.54) is 10.7 Å². The molecule has 0 fully saturated rings. The summed E-state index contributed by atoms with van der Waals surface area (Å²) < 4.78 is 25.2. The number of benzene rings is 2. The van der Waals surface area contributed by atoms with Crippen LogP contribution in [0.25, 0.3) is 11.3 Å². The van der Waals surface area contributed by atoms with Gasteiger partial charge in [-0.05, 0) is 36.8 Å². The molecule has 0 aliphatic carbocycles. The standard InChI is InChI=1S/C22H22N8O3S/c1-13-9-18(30(29-13)16-6-4-5-14(10-16)20(23)24)21(31)28-22-26-11-15(12-27-22)17-7-2-3-8-19(17)34(25,32)33/h2-11H,12H2,1H3,(H3,23,24)(H2,25,32,33)(H2,26,27,28,31). The van der Waals surface area contributed by atoms with Crippen molar-refractivity contribution in [2.75, 3.05) is 6.54 Å². The molecule has 0 saturated carbocycles. The van der Waals surface area contributed by atoms with Gasteiger partial charge in [0, 0.05) is 17.3 Å². The number of aromatic nitrogens is 2. The molecule has 1 aromatic heterocycles. The lowest BCUT2D eigenvalue weighted by molar-refractivity contribution is 0.0968. The number of aliphatic imine (C=N–C) groups is 1. The Labute approximate surface area is 195 Å². The number of guanidine groups is 1. The Morgan fingerprint density at radius 3 is 2.62 bits per heavy atom. The highest BCUT2D eigenvalue weighted by Crippen LogP contribution is 2.23. The van der Waals surface area contributed by atoms with Gasteiger partial charge in [-0.15, -0.1) is 0 Å². The van der Waals surface area contributed by atoms with Crippen LogP contribution in [-0.4, -0.2) is 42.4 Å². The van der Waals surface area contributed by atoms with E-state index in [0.717, 1.165) is 0 Å². The van der Waals surface area contributed by atoms with Crippen LogP contribution in [-0.2, 0) is 10.0 Å². The number of nitrogen functional groups attached to an aromatic ring is 1. The first-order valence-electron chi connectivity index (χ1n) is 10.1. The van der Waals surface area contributed by atoms with E-state index in [0.29, 0.717) is 28.1 Å². The molecule has 4 rings (SSSR count). The second-order valence-corrected chi connectivity index (χ2v) is 9.05. The van der Waals surface area contributed by atoms with Crippen molar-refractivity contribution in [3.8, 4) is 5.69 Å². The fraction of sp³-hybridized carbons (Fsp3) is 0.0909. The first kappa shape index (κ1) is 22.9. The van der Waals surface area contributed by atoms with Crippen molar-refractivity contribution < 1.29 is 13.2 Å². The molecule has 7 N–H and O–H groups in total. The van der Waals surface area contributed by atoms with Crippen molar-refractivity contribution in [3.63, 3.8) is 0 Å². The highest BCUT2D eigenvalue weighted by atomic mass is 32.2. The van der Waals surface area contributed by atoms with Gasteiger partial charge in [0.1, 0.15) is 11.5 Å². The highest BCUT2D eigenvalue weighted by molar-refractivity contribution is 7.89. The van der Waals surface area contributed by atoms with E-state index >= 15 is 0 Å². The third-order valence-electron chi connectivity index (χ3n) is 5.03. The number of nitrogens with zero attached hydrogens (tertiary/aromatic N) is 3. The Morgan fingerprint density at radius 1 is 1.18 bits per heavy atom. The Kier molecular flexibility index (Phi) is 6.01. The van der Waals surface area contributed by atoms with Crippen LogP contribution in [0.5, 0.6) is 0 Å². The van der Waals surface area contributed by atoms with Gasteiger partial charge in [-0.25, -0.2) is 23.2 Å². The summed E-state index contributed by atoms with van der Waals surface area (Å²) in [7, 11) is -3.91. The molecule has 2 heterocycles. The zero-order chi connectivity index (χ0) is 24.5. The van der Waals surface area contributed by atoms with Crippen LogP contribution in [0.3, 0.4) is 0 Å². The van der Waals surface area contributed by atoms with E-state index in [9.17, 15) is 13.2 Å². The SMILES string of the molecule is Cc1cc(C(=O)NC2=NCC(c3ccccc3S(N)(=O)=O)=CN2)n(-c2cccc(C(=N)N)c2)n1. The average Bonchev–Trinajstić information content (AvgIpc) is 3.21. The Hall–Kier alpha value is -4.29.